The molecule has 1 saturated heterocycles. The lowest BCUT2D eigenvalue weighted by molar-refractivity contribution is 0.0805. The average Bonchev–Trinajstić information content (AvgIpc) is 2.41. The molecule has 1 aromatic carbocycles. The van der Waals surface area contributed by atoms with E-state index in [-0.39, 0.29) is 5.11 Å². The highest BCUT2D eigenvalue weighted by atomic mass is 32.1. The summed E-state index contributed by atoms with van der Waals surface area (Å²) in [6.07, 6.45) is -0.461. The molecule has 20 heavy (non-hydrogen) atoms. The van der Waals surface area contributed by atoms with Crippen molar-refractivity contribution >= 4 is 23.0 Å². The number of piperazine rings is 1. The van der Waals surface area contributed by atoms with Gasteiger partial charge in [-0.15, -0.1) is 0 Å². The zero-order valence-corrected chi connectivity index (χ0v) is 12.6. The summed E-state index contributed by atoms with van der Waals surface area (Å²) in [5, 5.41) is 13.4. The maximum absolute atomic E-state index is 10.3. The van der Waals surface area contributed by atoms with Crippen LogP contribution in [0.25, 0.3) is 0 Å². The van der Waals surface area contributed by atoms with Crippen LogP contribution in [-0.2, 0) is 0 Å². The number of aliphatic hydroxyl groups excluding tert-OH is 1. The Balaban J connectivity index is 1.88. The molecule has 0 aliphatic carbocycles. The number of rotatable bonds is 4. The fraction of sp³-hybridized carbons (Fsp3) is 0.500. The summed E-state index contributed by atoms with van der Waals surface area (Å²) in [5.41, 5.74) is 7.17. The Morgan fingerprint density at radius 1 is 1.30 bits per heavy atom. The van der Waals surface area contributed by atoms with E-state index in [1.54, 1.807) is 0 Å². The van der Waals surface area contributed by atoms with Crippen LogP contribution < -0.4 is 11.1 Å². The molecule has 0 radical (unpaired) electrons. The van der Waals surface area contributed by atoms with Crippen molar-refractivity contribution in [2.45, 2.75) is 6.10 Å². The standard InChI is InChI=1S/C14H22N4OS/c1-17-6-8-18(9-7-17)10-13(19)11-2-4-12(5-3-11)16-14(15)20/h2-5,13,19H,6-10H2,1H3,(H3,15,16,20). The summed E-state index contributed by atoms with van der Waals surface area (Å²) in [4.78, 5) is 4.60. The van der Waals surface area contributed by atoms with Crippen LogP contribution in [0.4, 0.5) is 5.69 Å². The number of nitrogens with two attached hydrogens (primary N) is 1. The number of benzene rings is 1. The molecule has 6 heteroatoms. The lowest BCUT2D eigenvalue weighted by Crippen LogP contribution is -2.45. The molecular formula is C14H22N4OS. The third-order valence-corrected chi connectivity index (χ3v) is 3.69. The number of nitrogens with one attached hydrogen (secondary N) is 1. The van der Waals surface area contributed by atoms with Crippen molar-refractivity contribution in [1.82, 2.24) is 9.80 Å². The zero-order valence-electron chi connectivity index (χ0n) is 11.7. The van der Waals surface area contributed by atoms with Gasteiger partial charge >= 0.3 is 0 Å². The van der Waals surface area contributed by atoms with Crippen molar-refractivity contribution in [2.75, 3.05) is 45.1 Å². The van der Waals surface area contributed by atoms with Crippen LogP contribution in [0.3, 0.4) is 0 Å². The van der Waals surface area contributed by atoms with E-state index in [2.05, 4.69) is 22.2 Å². The normalized spacial score (nSPS) is 18.7. The van der Waals surface area contributed by atoms with Gasteiger partial charge in [-0.2, -0.15) is 0 Å². The maximum Gasteiger partial charge on any atom is 0.168 e. The molecule has 1 heterocycles. The Bertz CT molecular complexity index is 443. The van der Waals surface area contributed by atoms with E-state index in [0.717, 1.165) is 37.4 Å². The van der Waals surface area contributed by atoms with Gasteiger partial charge < -0.3 is 21.1 Å². The fourth-order valence-electron chi connectivity index (χ4n) is 2.31. The first-order valence-corrected chi connectivity index (χ1v) is 7.21. The van der Waals surface area contributed by atoms with Crippen LogP contribution in [0.5, 0.6) is 0 Å². The van der Waals surface area contributed by atoms with Gasteiger partial charge in [0.1, 0.15) is 0 Å². The highest BCUT2D eigenvalue weighted by Crippen LogP contribution is 2.18. The summed E-state index contributed by atoms with van der Waals surface area (Å²) in [6, 6.07) is 7.56. The first kappa shape index (κ1) is 15.2. The summed E-state index contributed by atoms with van der Waals surface area (Å²) < 4.78 is 0. The van der Waals surface area contributed by atoms with Gasteiger partial charge in [0.05, 0.1) is 6.10 Å². The summed E-state index contributed by atoms with van der Waals surface area (Å²) in [6.45, 7) is 4.81. The minimum atomic E-state index is -0.461. The lowest BCUT2D eigenvalue weighted by atomic mass is 10.1. The lowest BCUT2D eigenvalue weighted by Gasteiger charge is -2.33. The van der Waals surface area contributed by atoms with E-state index in [1.165, 1.54) is 0 Å². The van der Waals surface area contributed by atoms with Crippen LogP contribution in [-0.4, -0.2) is 59.8 Å². The third kappa shape index (κ3) is 4.42. The third-order valence-electron chi connectivity index (χ3n) is 3.59. The summed E-state index contributed by atoms with van der Waals surface area (Å²) in [7, 11) is 2.13. The number of hydrogen-bond acceptors (Lipinski definition) is 4. The van der Waals surface area contributed by atoms with Crippen LogP contribution in [0.1, 0.15) is 11.7 Å². The number of thiocarbonyl (C=S) groups is 1. The number of likely N-dealkylation sites (N-methyl/N-ethyl adjacent to an activating group) is 1. The number of aliphatic hydroxyl groups is 1. The molecule has 1 aliphatic rings. The molecule has 1 unspecified atom stereocenters. The Kier molecular flexibility index (Phi) is 5.31. The smallest absolute Gasteiger partial charge is 0.168 e. The molecule has 0 saturated carbocycles. The van der Waals surface area contributed by atoms with Crippen molar-refractivity contribution in [3.05, 3.63) is 29.8 Å². The summed E-state index contributed by atoms with van der Waals surface area (Å²) >= 11 is 4.79. The SMILES string of the molecule is CN1CCN(CC(O)c2ccc(NC(N)=S)cc2)CC1. The van der Waals surface area contributed by atoms with Gasteiger partial charge in [-0.05, 0) is 37.0 Å². The van der Waals surface area contributed by atoms with E-state index in [0.29, 0.717) is 6.54 Å². The van der Waals surface area contributed by atoms with Crippen LogP contribution in [0, 0.1) is 0 Å². The Labute approximate surface area is 125 Å². The zero-order chi connectivity index (χ0) is 14.5. The molecule has 2 rings (SSSR count). The van der Waals surface area contributed by atoms with E-state index >= 15 is 0 Å². The van der Waals surface area contributed by atoms with Gasteiger partial charge in [0.25, 0.3) is 0 Å². The van der Waals surface area contributed by atoms with Crippen molar-refractivity contribution < 1.29 is 5.11 Å². The molecule has 1 atom stereocenters. The highest BCUT2D eigenvalue weighted by molar-refractivity contribution is 7.80. The van der Waals surface area contributed by atoms with E-state index in [4.69, 9.17) is 18.0 Å². The molecule has 1 aliphatic heterocycles. The topological polar surface area (TPSA) is 64.8 Å². The molecule has 110 valence electrons. The Morgan fingerprint density at radius 3 is 2.45 bits per heavy atom. The molecular weight excluding hydrogens is 272 g/mol. The molecule has 1 fully saturated rings. The number of nitrogens with zero attached hydrogens (tertiary/aromatic N) is 2. The number of anilines is 1. The van der Waals surface area contributed by atoms with Crippen LogP contribution in [0.2, 0.25) is 0 Å². The molecule has 0 spiro atoms. The monoisotopic (exact) mass is 294 g/mol. The molecule has 4 N–H and O–H groups in total. The van der Waals surface area contributed by atoms with Gasteiger partial charge in [-0.25, -0.2) is 0 Å². The van der Waals surface area contributed by atoms with Gasteiger partial charge in [-0.3, -0.25) is 4.90 Å². The average molecular weight is 294 g/mol. The largest absolute Gasteiger partial charge is 0.387 e. The van der Waals surface area contributed by atoms with Crippen molar-refractivity contribution in [3.63, 3.8) is 0 Å². The first-order valence-electron chi connectivity index (χ1n) is 6.80. The predicted molar refractivity (Wildman–Crippen MR) is 85.7 cm³/mol. The fourth-order valence-corrected chi connectivity index (χ4v) is 2.43. The molecule has 1 aromatic rings. The quantitative estimate of drug-likeness (QED) is 0.708. The van der Waals surface area contributed by atoms with E-state index < -0.39 is 6.10 Å². The molecule has 0 amide bonds. The van der Waals surface area contributed by atoms with Crippen molar-refractivity contribution in [1.29, 1.82) is 0 Å². The van der Waals surface area contributed by atoms with Gasteiger partial charge in [0.15, 0.2) is 5.11 Å². The molecule has 0 bridgehead atoms. The Hall–Kier alpha value is -1.21. The van der Waals surface area contributed by atoms with E-state index in [9.17, 15) is 5.11 Å². The summed E-state index contributed by atoms with van der Waals surface area (Å²) in [5.74, 6) is 0. The predicted octanol–water partition coefficient (Wildman–Crippen LogP) is 0.623. The number of hydrogen-bond donors (Lipinski definition) is 3. The second-order valence-electron chi connectivity index (χ2n) is 5.23. The van der Waals surface area contributed by atoms with Crippen molar-refractivity contribution in [3.8, 4) is 0 Å². The number of β-amino-alcohol motifs (C(OH)–C–C–N with tert-alkyl or cyclic N) is 1. The van der Waals surface area contributed by atoms with Gasteiger partial charge in [0, 0.05) is 38.4 Å². The van der Waals surface area contributed by atoms with Crippen molar-refractivity contribution in [2.24, 2.45) is 5.73 Å². The Morgan fingerprint density at radius 2 is 1.90 bits per heavy atom. The minimum absolute atomic E-state index is 0.246. The van der Waals surface area contributed by atoms with Crippen LogP contribution in [0.15, 0.2) is 24.3 Å². The maximum atomic E-state index is 10.3. The second-order valence-corrected chi connectivity index (χ2v) is 5.67. The minimum Gasteiger partial charge on any atom is -0.387 e. The van der Waals surface area contributed by atoms with E-state index in [1.807, 2.05) is 24.3 Å². The molecule has 5 nitrogen and oxygen atoms in total. The van der Waals surface area contributed by atoms with Gasteiger partial charge in [-0.1, -0.05) is 12.1 Å². The highest BCUT2D eigenvalue weighted by Gasteiger charge is 2.17. The first-order chi connectivity index (χ1) is 9.54. The van der Waals surface area contributed by atoms with Gasteiger partial charge in [0.2, 0.25) is 0 Å². The molecule has 0 aromatic heterocycles. The second kappa shape index (κ2) is 6.99. The van der Waals surface area contributed by atoms with Crippen LogP contribution >= 0.6 is 12.2 Å².